The van der Waals surface area contributed by atoms with Gasteiger partial charge in [-0.3, -0.25) is 0 Å². The highest BCUT2D eigenvalue weighted by Gasteiger charge is 2.24. The zero-order valence-electron chi connectivity index (χ0n) is 12.7. The van der Waals surface area contributed by atoms with Crippen LogP contribution in [0, 0.1) is 5.92 Å². The molecule has 108 valence electrons. The molecule has 1 aliphatic carbocycles. The Labute approximate surface area is 121 Å². The predicted molar refractivity (Wildman–Crippen MR) is 84.2 cm³/mol. The zero-order valence-corrected chi connectivity index (χ0v) is 13.5. The van der Waals surface area contributed by atoms with Crippen molar-refractivity contribution in [2.45, 2.75) is 52.5 Å². The molecule has 0 saturated heterocycles. The Morgan fingerprint density at radius 1 is 1.47 bits per heavy atom. The number of anilines is 1. The van der Waals surface area contributed by atoms with Crippen LogP contribution in [0.2, 0.25) is 0 Å². The first-order valence-corrected chi connectivity index (χ1v) is 8.37. The monoisotopic (exact) mass is 281 g/mol. The third-order valence-corrected chi connectivity index (χ3v) is 5.08. The average Bonchev–Trinajstić information content (AvgIpc) is 2.81. The molecule has 1 atom stereocenters. The van der Waals surface area contributed by atoms with Gasteiger partial charge in [0, 0.05) is 24.5 Å². The van der Waals surface area contributed by atoms with Crippen molar-refractivity contribution >= 4 is 16.5 Å². The molecule has 1 heterocycles. The van der Waals surface area contributed by atoms with Crippen LogP contribution in [0.5, 0.6) is 0 Å². The van der Waals surface area contributed by atoms with E-state index in [0.29, 0.717) is 6.04 Å². The molecule has 0 saturated carbocycles. The van der Waals surface area contributed by atoms with Gasteiger partial charge in [-0.05, 0) is 38.1 Å². The average molecular weight is 281 g/mol. The van der Waals surface area contributed by atoms with Crippen molar-refractivity contribution in [1.82, 2.24) is 10.3 Å². The molecular weight excluding hydrogens is 254 g/mol. The second-order valence-electron chi connectivity index (χ2n) is 5.91. The number of hydrogen-bond donors (Lipinski definition) is 1. The van der Waals surface area contributed by atoms with Gasteiger partial charge < -0.3 is 10.2 Å². The summed E-state index contributed by atoms with van der Waals surface area (Å²) in [6.45, 7) is 8.89. The maximum Gasteiger partial charge on any atom is 0.185 e. The van der Waals surface area contributed by atoms with Crippen LogP contribution in [-0.4, -0.2) is 25.1 Å². The fraction of sp³-hybridized carbons (Fsp3) is 0.800. The number of fused-ring (bicyclic) bond motifs is 1. The van der Waals surface area contributed by atoms with E-state index in [1.807, 2.05) is 11.3 Å². The number of thiazole rings is 1. The molecule has 3 nitrogen and oxygen atoms in total. The van der Waals surface area contributed by atoms with Crippen LogP contribution in [0.15, 0.2) is 0 Å². The number of nitrogens with zero attached hydrogens (tertiary/aromatic N) is 2. The summed E-state index contributed by atoms with van der Waals surface area (Å²) in [4.78, 5) is 8.68. The van der Waals surface area contributed by atoms with Crippen LogP contribution in [0.4, 0.5) is 5.13 Å². The smallest absolute Gasteiger partial charge is 0.185 e. The number of aryl methyl sites for hydroxylation is 1. The second kappa shape index (κ2) is 6.71. The van der Waals surface area contributed by atoms with Crippen molar-refractivity contribution in [3.8, 4) is 0 Å². The lowest BCUT2D eigenvalue weighted by Gasteiger charge is -2.21. The lowest BCUT2D eigenvalue weighted by Crippen LogP contribution is -2.23. The Morgan fingerprint density at radius 3 is 2.95 bits per heavy atom. The number of rotatable bonds is 6. The van der Waals surface area contributed by atoms with Gasteiger partial charge in [0.05, 0.1) is 5.69 Å². The van der Waals surface area contributed by atoms with Gasteiger partial charge in [0.2, 0.25) is 0 Å². The molecule has 0 bridgehead atoms. The summed E-state index contributed by atoms with van der Waals surface area (Å²) in [6, 6.07) is 0.540. The van der Waals surface area contributed by atoms with Crippen molar-refractivity contribution in [3.63, 3.8) is 0 Å². The van der Waals surface area contributed by atoms with Crippen molar-refractivity contribution in [2.75, 3.05) is 25.0 Å². The molecule has 1 aliphatic rings. The molecule has 1 unspecified atom stereocenters. The third kappa shape index (κ3) is 3.69. The lowest BCUT2D eigenvalue weighted by atomic mass is 9.98. The number of hydrogen-bond acceptors (Lipinski definition) is 4. The van der Waals surface area contributed by atoms with E-state index in [1.165, 1.54) is 35.0 Å². The molecule has 1 aromatic heterocycles. The molecule has 2 rings (SSSR count). The predicted octanol–water partition coefficient (Wildman–Crippen LogP) is 3.61. The molecule has 19 heavy (non-hydrogen) atoms. The first-order chi connectivity index (χ1) is 9.11. The lowest BCUT2D eigenvalue weighted by molar-refractivity contribution is 0.476. The molecule has 0 spiro atoms. The Kier molecular flexibility index (Phi) is 5.22. The normalized spacial score (nSPS) is 18.7. The van der Waals surface area contributed by atoms with E-state index in [9.17, 15) is 0 Å². The zero-order chi connectivity index (χ0) is 13.8. The van der Waals surface area contributed by atoms with E-state index >= 15 is 0 Å². The Balaban J connectivity index is 2.07. The van der Waals surface area contributed by atoms with Gasteiger partial charge in [-0.15, -0.1) is 0 Å². The molecule has 4 heteroatoms. The van der Waals surface area contributed by atoms with E-state index < -0.39 is 0 Å². The topological polar surface area (TPSA) is 28.2 Å². The van der Waals surface area contributed by atoms with Gasteiger partial charge in [0.15, 0.2) is 5.13 Å². The maximum atomic E-state index is 4.87. The Hall–Kier alpha value is -0.610. The van der Waals surface area contributed by atoms with Gasteiger partial charge in [0.25, 0.3) is 0 Å². The van der Waals surface area contributed by atoms with E-state index in [4.69, 9.17) is 4.98 Å². The van der Waals surface area contributed by atoms with E-state index in [0.717, 1.165) is 25.4 Å². The van der Waals surface area contributed by atoms with Crippen LogP contribution in [-0.2, 0) is 6.42 Å². The standard InChI is InChI=1S/C15H27N3S/c1-5-16-12-7-6-8-13-14(12)19-15(17-13)18(4)10-9-11(2)3/h11-12,16H,5-10H2,1-4H3. The van der Waals surface area contributed by atoms with E-state index in [1.54, 1.807) is 0 Å². The molecule has 1 aromatic rings. The number of aromatic nitrogens is 1. The quantitative estimate of drug-likeness (QED) is 0.863. The maximum absolute atomic E-state index is 4.87. The summed E-state index contributed by atoms with van der Waals surface area (Å²) in [6.07, 6.45) is 4.92. The molecular formula is C15H27N3S. The van der Waals surface area contributed by atoms with Crippen molar-refractivity contribution in [2.24, 2.45) is 5.92 Å². The Morgan fingerprint density at radius 2 is 2.26 bits per heavy atom. The first-order valence-electron chi connectivity index (χ1n) is 7.56. The fourth-order valence-electron chi connectivity index (χ4n) is 2.56. The highest BCUT2D eigenvalue weighted by Crippen LogP contribution is 2.37. The minimum atomic E-state index is 0.540. The van der Waals surface area contributed by atoms with Gasteiger partial charge in [0.1, 0.15) is 0 Å². The number of nitrogens with one attached hydrogen (secondary N) is 1. The van der Waals surface area contributed by atoms with E-state index in [-0.39, 0.29) is 0 Å². The van der Waals surface area contributed by atoms with Crippen LogP contribution >= 0.6 is 11.3 Å². The highest BCUT2D eigenvalue weighted by atomic mass is 32.1. The second-order valence-corrected chi connectivity index (χ2v) is 6.92. The summed E-state index contributed by atoms with van der Waals surface area (Å²) < 4.78 is 0. The summed E-state index contributed by atoms with van der Waals surface area (Å²) in [5.41, 5.74) is 1.34. The molecule has 0 amide bonds. The molecule has 0 aliphatic heterocycles. The van der Waals surface area contributed by atoms with Crippen LogP contribution in [0.25, 0.3) is 0 Å². The van der Waals surface area contributed by atoms with E-state index in [2.05, 4.69) is 38.0 Å². The largest absolute Gasteiger partial charge is 0.351 e. The summed E-state index contributed by atoms with van der Waals surface area (Å²) in [5.74, 6) is 0.756. The molecule has 0 fully saturated rings. The van der Waals surface area contributed by atoms with Gasteiger partial charge in [-0.1, -0.05) is 32.1 Å². The fourth-order valence-corrected chi connectivity index (χ4v) is 3.77. The molecule has 1 N–H and O–H groups in total. The third-order valence-electron chi connectivity index (χ3n) is 3.76. The van der Waals surface area contributed by atoms with Gasteiger partial charge >= 0.3 is 0 Å². The Bertz CT molecular complexity index is 400. The minimum Gasteiger partial charge on any atom is -0.351 e. The van der Waals surface area contributed by atoms with Crippen molar-refractivity contribution < 1.29 is 0 Å². The van der Waals surface area contributed by atoms with Gasteiger partial charge in [-0.25, -0.2) is 4.98 Å². The van der Waals surface area contributed by atoms with Crippen LogP contribution in [0.3, 0.4) is 0 Å². The SMILES string of the molecule is CCNC1CCCc2nc(N(C)CCC(C)C)sc21. The van der Waals surface area contributed by atoms with Crippen LogP contribution < -0.4 is 10.2 Å². The first kappa shape index (κ1) is 14.8. The molecule has 0 radical (unpaired) electrons. The highest BCUT2D eigenvalue weighted by molar-refractivity contribution is 7.15. The van der Waals surface area contributed by atoms with Crippen LogP contribution in [0.1, 0.15) is 56.6 Å². The summed E-state index contributed by atoms with van der Waals surface area (Å²) in [5, 5.41) is 4.80. The van der Waals surface area contributed by atoms with Gasteiger partial charge in [-0.2, -0.15) is 0 Å². The molecule has 0 aromatic carbocycles. The minimum absolute atomic E-state index is 0.540. The van der Waals surface area contributed by atoms with Crippen molar-refractivity contribution in [1.29, 1.82) is 0 Å². The summed E-state index contributed by atoms with van der Waals surface area (Å²) >= 11 is 1.90. The van der Waals surface area contributed by atoms with Crippen molar-refractivity contribution in [3.05, 3.63) is 10.6 Å². The summed E-state index contributed by atoms with van der Waals surface area (Å²) in [7, 11) is 2.18.